The van der Waals surface area contributed by atoms with Crippen molar-refractivity contribution in [2.75, 3.05) is 6.61 Å². The molecule has 6 atom stereocenters. The summed E-state index contributed by atoms with van der Waals surface area (Å²) in [5, 5.41) is 9.36. The summed E-state index contributed by atoms with van der Waals surface area (Å²) in [5.41, 5.74) is -5.75. The number of fused-ring (bicyclic) bond motifs is 5. The molecule has 7 heteroatoms. The minimum atomic E-state index is -2.71. The van der Waals surface area contributed by atoms with Crippen molar-refractivity contribution in [3.05, 3.63) is 35.7 Å². The van der Waals surface area contributed by atoms with Crippen molar-refractivity contribution < 1.29 is 33.1 Å². The molecule has 4 aliphatic rings. The van der Waals surface area contributed by atoms with Crippen LogP contribution >= 0.6 is 0 Å². The van der Waals surface area contributed by atoms with Gasteiger partial charge in [0.2, 0.25) is 0 Å². The summed E-state index contributed by atoms with van der Waals surface area (Å²) in [6.07, 6.45) is 1.19. The molecule has 2 fully saturated rings. The van der Waals surface area contributed by atoms with Crippen LogP contribution in [0.1, 0.15) is 33.1 Å². The zero-order valence-electron chi connectivity index (χ0n) is 16.3. The Labute approximate surface area is 166 Å². The van der Waals surface area contributed by atoms with Gasteiger partial charge < -0.3 is 5.11 Å². The first-order valence-electron chi connectivity index (χ1n) is 9.62. The molecule has 154 valence electrons. The first kappa shape index (κ1) is 20.0. The standard InChI is InChI=1S/C22H22F2O5/c1-10-4-12-13-7-15(23)14-5-11(26)6-17(28)21(14,3)22(13,24)18(29)8-20(12,2)19(10)16(27)9-25/h5,7,12-13,19,25H,1,4,6,8-9H2,2-3H3/t12-,13-,19+,20-,21+,22-/m0/s1. The van der Waals surface area contributed by atoms with E-state index < -0.39 is 76.2 Å². The van der Waals surface area contributed by atoms with Crippen LogP contribution in [0.15, 0.2) is 35.7 Å². The molecule has 0 heterocycles. The molecular weight excluding hydrogens is 382 g/mol. The third-order valence-corrected chi connectivity index (χ3v) is 7.76. The van der Waals surface area contributed by atoms with Crippen molar-refractivity contribution in [1.82, 2.24) is 0 Å². The maximum atomic E-state index is 16.7. The Balaban J connectivity index is 1.94. The van der Waals surface area contributed by atoms with Gasteiger partial charge in [-0.3, -0.25) is 19.2 Å². The first-order valence-corrected chi connectivity index (χ1v) is 9.62. The van der Waals surface area contributed by atoms with E-state index in [9.17, 15) is 24.3 Å². The highest BCUT2D eigenvalue weighted by atomic mass is 19.1. The summed E-state index contributed by atoms with van der Waals surface area (Å²) >= 11 is 0. The van der Waals surface area contributed by atoms with E-state index in [1.54, 1.807) is 6.92 Å². The van der Waals surface area contributed by atoms with E-state index >= 15 is 8.78 Å². The quantitative estimate of drug-likeness (QED) is 0.564. The van der Waals surface area contributed by atoms with E-state index in [-0.39, 0.29) is 18.4 Å². The molecule has 0 radical (unpaired) electrons. The second-order valence-electron chi connectivity index (χ2n) is 9.13. The molecule has 4 aliphatic carbocycles. The molecule has 29 heavy (non-hydrogen) atoms. The van der Waals surface area contributed by atoms with Gasteiger partial charge in [0.25, 0.3) is 0 Å². The number of halogens is 2. The normalized spacial score (nSPS) is 44.0. The molecule has 0 aliphatic heterocycles. The van der Waals surface area contributed by atoms with Gasteiger partial charge in [-0.05, 0) is 36.8 Å². The van der Waals surface area contributed by atoms with Crippen LogP contribution in [0.4, 0.5) is 8.78 Å². The van der Waals surface area contributed by atoms with Gasteiger partial charge in [-0.2, -0.15) is 0 Å². The number of ketones is 4. The van der Waals surface area contributed by atoms with Gasteiger partial charge in [0.05, 0.1) is 11.8 Å². The van der Waals surface area contributed by atoms with Crippen LogP contribution in [-0.2, 0) is 19.2 Å². The summed E-state index contributed by atoms with van der Waals surface area (Å²) in [7, 11) is 0. The van der Waals surface area contributed by atoms with Gasteiger partial charge in [-0.15, -0.1) is 0 Å². The molecule has 1 N–H and O–H groups in total. The van der Waals surface area contributed by atoms with Gasteiger partial charge in [0, 0.05) is 23.8 Å². The molecule has 0 amide bonds. The lowest BCUT2D eigenvalue weighted by Gasteiger charge is -2.57. The molecule has 0 spiro atoms. The van der Waals surface area contributed by atoms with Crippen molar-refractivity contribution in [2.45, 2.75) is 38.8 Å². The fraction of sp³-hybridized carbons (Fsp3) is 0.545. The van der Waals surface area contributed by atoms with Crippen molar-refractivity contribution >= 4 is 23.1 Å². The SMILES string of the molecule is C=C1C[C@H]2[C@@H]3C=C(F)C4=CC(=O)CC(=O)[C@]4(C)[C@@]3(F)C(=O)C[C@]2(C)[C@H]1C(=O)CO. The topological polar surface area (TPSA) is 88.5 Å². The van der Waals surface area contributed by atoms with Crippen LogP contribution in [0, 0.1) is 28.6 Å². The summed E-state index contributed by atoms with van der Waals surface area (Å²) < 4.78 is 31.8. The van der Waals surface area contributed by atoms with E-state index in [1.807, 2.05) is 0 Å². The van der Waals surface area contributed by atoms with Gasteiger partial charge in [-0.25, -0.2) is 8.78 Å². The minimum absolute atomic E-state index is 0.183. The largest absolute Gasteiger partial charge is 0.389 e. The lowest BCUT2D eigenvalue weighted by atomic mass is 9.46. The number of carbonyl (C=O) groups is 4. The van der Waals surface area contributed by atoms with Crippen molar-refractivity contribution in [1.29, 1.82) is 0 Å². The van der Waals surface area contributed by atoms with E-state index in [4.69, 9.17) is 0 Å². The molecule has 0 unspecified atom stereocenters. The summed E-state index contributed by atoms with van der Waals surface area (Å²) in [5.74, 6) is -6.47. The Hall–Kier alpha value is -2.28. The zero-order chi connectivity index (χ0) is 21.5. The van der Waals surface area contributed by atoms with E-state index in [2.05, 4.69) is 6.58 Å². The smallest absolute Gasteiger partial charge is 0.191 e. The van der Waals surface area contributed by atoms with Gasteiger partial charge in [0.15, 0.2) is 28.8 Å². The van der Waals surface area contributed by atoms with E-state index in [0.29, 0.717) is 5.57 Å². The molecule has 0 aromatic heterocycles. The third-order valence-electron chi connectivity index (χ3n) is 7.76. The number of hydrogen-bond donors (Lipinski definition) is 1. The van der Waals surface area contributed by atoms with Crippen LogP contribution in [-0.4, -0.2) is 40.5 Å². The molecule has 4 rings (SSSR count). The summed E-state index contributed by atoms with van der Waals surface area (Å²) in [6.45, 7) is 6.03. The van der Waals surface area contributed by atoms with E-state index in [1.165, 1.54) is 6.92 Å². The number of alkyl halides is 1. The Morgan fingerprint density at radius 3 is 2.55 bits per heavy atom. The average molecular weight is 404 g/mol. The number of aliphatic hydroxyl groups excluding tert-OH is 1. The molecule has 0 saturated heterocycles. The Morgan fingerprint density at radius 2 is 1.93 bits per heavy atom. The number of hydrogen-bond acceptors (Lipinski definition) is 5. The highest BCUT2D eigenvalue weighted by molar-refractivity contribution is 6.15. The number of aliphatic hydroxyl groups is 1. The monoisotopic (exact) mass is 404 g/mol. The maximum Gasteiger partial charge on any atom is 0.191 e. The molecule has 0 aromatic rings. The fourth-order valence-corrected chi connectivity index (χ4v) is 6.35. The first-order chi connectivity index (χ1) is 13.4. The van der Waals surface area contributed by atoms with Crippen LogP contribution < -0.4 is 0 Å². The zero-order valence-corrected chi connectivity index (χ0v) is 16.3. The third kappa shape index (κ3) is 2.17. The van der Waals surface area contributed by atoms with Crippen LogP contribution in [0.3, 0.4) is 0 Å². The lowest BCUT2D eigenvalue weighted by molar-refractivity contribution is -0.170. The van der Waals surface area contributed by atoms with Gasteiger partial charge in [0.1, 0.15) is 12.4 Å². The minimum Gasteiger partial charge on any atom is -0.389 e. The highest BCUT2D eigenvalue weighted by Crippen LogP contribution is 2.68. The summed E-state index contributed by atoms with van der Waals surface area (Å²) in [4.78, 5) is 50.3. The average Bonchev–Trinajstić information content (AvgIpc) is 2.90. The van der Waals surface area contributed by atoms with Gasteiger partial charge in [-0.1, -0.05) is 19.1 Å². The number of Topliss-reactive ketones (excluding diaryl/α,β-unsaturated/α-hetero) is 3. The van der Waals surface area contributed by atoms with Crippen molar-refractivity contribution in [2.24, 2.45) is 28.6 Å². The van der Waals surface area contributed by atoms with Gasteiger partial charge >= 0.3 is 0 Å². The van der Waals surface area contributed by atoms with Crippen molar-refractivity contribution in [3.8, 4) is 0 Å². The second-order valence-corrected chi connectivity index (χ2v) is 9.13. The molecule has 0 bridgehead atoms. The van der Waals surface area contributed by atoms with Crippen LogP contribution in [0.25, 0.3) is 0 Å². The Morgan fingerprint density at radius 1 is 1.28 bits per heavy atom. The predicted octanol–water partition coefficient (Wildman–Crippen LogP) is 2.39. The maximum absolute atomic E-state index is 16.7. The Kier molecular flexibility index (Phi) is 4.05. The van der Waals surface area contributed by atoms with E-state index in [0.717, 1.165) is 12.2 Å². The van der Waals surface area contributed by atoms with Crippen LogP contribution in [0.5, 0.6) is 0 Å². The predicted molar refractivity (Wildman–Crippen MR) is 97.9 cm³/mol. The molecule has 2 saturated carbocycles. The summed E-state index contributed by atoms with van der Waals surface area (Å²) in [6, 6.07) is 0. The number of carbonyl (C=O) groups excluding carboxylic acids is 4. The fourth-order valence-electron chi connectivity index (χ4n) is 6.35. The second kappa shape index (κ2) is 5.88. The Bertz CT molecular complexity index is 962. The highest BCUT2D eigenvalue weighted by Gasteiger charge is 2.74. The molecule has 5 nitrogen and oxygen atoms in total. The number of rotatable bonds is 2. The van der Waals surface area contributed by atoms with Crippen LogP contribution in [0.2, 0.25) is 0 Å². The number of allylic oxidation sites excluding steroid dienone is 5. The lowest BCUT2D eigenvalue weighted by Crippen LogP contribution is -2.67. The van der Waals surface area contributed by atoms with Crippen molar-refractivity contribution in [3.63, 3.8) is 0 Å². The molecule has 0 aromatic carbocycles. The molecular formula is C22H22F2O5.